The Morgan fingerprint density at radius 1 is 1.37 bits per heavy atom. The third kappa shape index (κ3) is 5.51. The van der Waals surface area contributed by atoms with Crippen LogP contribution in [0.4, 0.5) is 23.9 Å². The second-order valence-electron chi connectivity index (χ2n) is 3.77. The minimum Gasteiger partial charge on any atom is -0.329 e. The lowest BCUT2D eigenvalue weighted by Gasteiger charge is -2.11. The molecule has 1 aromatic heterocycles. The molecule has 0 aliphatic carbocycles. The molecule has 0 aliphatic rings. The van der Waals surface area contributed by atoms with E-state index < -0.39 is 18.8 Å². The van der Waals surface area contributed by atoms with Gasteiger partial charge < -0.3 is 10.6 Å². The number of alkyl halides is 3. The monoisotopic (exact) mass is 277 g/mol. The van der Waals surface area contributed by atoms with Gasteiger partial charge in [0, 0.05) is 24.0 Å². The van der Waals surface area contributed by atoms with Crippen LogP contribution in [0.2, 0.25) is 0 Å². The molecule has 3 N–H and O–H groups in total. The van der Waals surface area contributed by atoms with Crippen LogP contribution in [0.5, 0.6) is 0 Å². The summed E-state index contributed by atoms with van der Waals surface area (Å²) >= 11 is 0. The summed E-state index contributed by atoms with van der Waals surface area (Å²) in [6, 6.07) is -0.972. The molecule has 1 aromatic rings. The lowest BCUT2D eigenvalue weighted by Crippen LogP contribution is -2.37. The molecule has 9 heteroatoms. The predicted octanol–water partition coefficient (Wildman–Crippen LogP) is 1.44. The van der Waals surface area contributed by atoms with Gasteiger partial charge in [-0.1, -0.05) is 0 Å². The van der Waals surface area contributed by atoms with E-state index in [4.69, 9.17) is 0 Å². The van der Waals surface area contributed by atoms with Crippen molar-refractivity contribution in [3.05, 3.63) is 18.0 Å². The molecule has 106 valence electrons. The summed E-state index contributed by atoms with van der Waals surface area (Å²) in [4.78, 5) is 18.8. The van der Waals surface area contributed by atoms with E-state index in [0.717, 1.165) is 5.56 Å². The molecule has 1 atom stereocenters. The molecule has 0 saturated heterocycles. The molecule has 2 amide bonds. The molecular formula is C10H14F3N5O. The second-order valence-corrected chi connectivity index (χ2v) is 3.77. The van der Waals surface area contributed by atoms with Crippen LogP contribution in [-0.2, 0) is 0 Å². The fourth-order valence-electron chi connectivity index (χ4n) is 1.12. The van der Waals surface area contributed by atoms with E-state index >= 15 is 0 Å². The van der Waals surface area contributed by atoms with Crippen LogP contribution in [0.1, 0.15) is 18.5 Å². The smallest absolute Gasteiger partial charge is 0.329 e. The minimum absolute atomic E-state index is 0.0353. The van der Waals surface area contributed by atoms with Crippen LogP contribution in [0.25, 0.3) is 0 Å². The number of nitrogens with zero attached hydrogens (tertiary/aromatic N) is 2. The Hall–Kier alpha value is -1.90. The molecular weight excluding hydrogens is 263 g/mol. The Morgan fingerprint density at radius 3 is 2.42 bits per heavy atom. The Kier molecular flexibility index (Phi) is 5.04. The maximum atomic E-state index is 11.9. The van der Waals surface area contributed by atoms with Crippen molar-refractivity contribution >= 4 is 12.0 Å². The van der Waals surface area contributed by atoms with Gasteiger partial charge in [-0.25, -0.2) is 14.8 Å². The summed E-state index contributed by atoms with van der Waals surface area (Å²) in [6.45, 7) is 0.482. The first-order valence-corrected chi connectivity index (χ1v) is 5.42. The minimum atomic E-state index is -4.45. The van der Waals surface area contributed by atoms with Gasteiger partial charge in [0.2, 0.25) is 5.95 Å². The summed E-state index contributed by atoms with van der Waals surface area (Å²) < 4.78 is 35.6. The first-order valence-electron chi connectivity index (χ1n) is 5.42. The molecule has 6 nitrogen and oxygen atoms in total. The maximum Gasteiger partial charge on any atom is 0.405 e. The van der Waals surface area contributed by atoms with Crippen LogP contribution >= 0.6 is 0 Å². The van der Waals surface area contributed by atoms with E-state index in [-0.39, 0.29) is 12.0 Å². The lowest BCUT2D eigenvalue weighted by molar-refractivity contribution is -0.122. The number of nitrogens with one attached hydrogen (secondary N) is 3. The molecule has 1 unspecified atom stereocenters. The van der Waals surface area contributed by atoms with Gasteiger partial charge in [-0.15, -0.1) is 0 Å². The third-order valence-corrected chi connectivity index (χ3v) is 2.28. The zero-order valence-corrected chi connectivity index (χ0v) is 10.4. The molecule has 0 bridgehead atoms. The highest BCUT2D eigenvalue weighted by Gasteiger charge is 2.27. The first kappa shape index (κ1) is 15.2. The number of hydrogen-bond donors (Lipinski definition) is 3. The number of amides is 2. The van der Waals surface area contributed by atoms with Crippen molar-refractivity contribution in [2.24, 2.45) is 0 Å². The number of carbonyl (C=O) groups excluding carboxylic acids is 1. The Morgan fingerprint density at radius 2 is 1.95 bits per heavy atom. The summed E-state index contributed by atoms with van der Waals surface area (Å²) in [5, 5.41) is 6.73. The number of hydrogen-bond acceptors (Lipinski definition) is 4. The number of anilines is 1. The van der Waals surface area contributed by atoms with E-state index in [1.54, 1.807) is 12.4 Å². The zero-order valence-electron chi connectivity index (χ0n) is 10.4. The molecule has 0 fully saturated rings. The molecule has 0 spiro atoms. The summed E-state index contributed by atoms with van der Waals surface area (Å²) in [6.07, 6.45) is -1.49. The molecule has 19 heavy (non-hydrogen) atoms. The summed E-state index contributed by atoms with van der Waals surface area (Å²) in [7, 11) is 1.77. The van der Waals surface area contributed by atoms with Crippen molar-refractivity contribution in [1.29, 1.82) is 0 Å². The topological polar surface area (TPSA) is 78.9 Å². The van der Waals surface area contributed by atoms with Gasteiger partial charge in [0.05, 0.1) is 0 Å². The molecule has 0 radical (unpaired) electrons. The van der Waals surface area contributed by atoms with Gasteiger partial charge >= 0.3 is 12.2 Å². The Bertz CT molecular complexity index is 420. The van der Waals surface area contributed by atoms with Crippen LogP contribution < -0.4 is 16.0 Å². The number of urea groups is 1. The van der Waals surface area contributed by atoms with Gasteiger partial charge in [0.1, 0.15) is 6.54 Å². The van der Waals surface area contributed by atoms with Gasteiger partial charge in [-0.2, -0.15) is 13.2 Å². The standard InChI is InChI=1S/C10H14F3N5O/c1-6(14-2)7-3-15-8(16-4-7)18-9(19)17-5-10(11,12)13/h3-4,6,14H,5H2,1-2H3,(H2,15,16,17,18,19). The molecule has 0 aliphatic heterocycles. The van der Waals surface area contributed by atoms with Crippen molar-refractivity contribution in [2.75, 3.05) is 18.9 Å². The largest absolute Gasteiger partial charge is 0.405 e. The highest BCUT2D eigenvalue weighted by atomic mass is 19.4. The highest BCUT2D eigenvalue weighted by molar-refractivity contribution is 5.87. The summed E-state index contributed by atoms with van der Waals surface area (Å²) in [5.41, 5.74) is 0.795. The maximum absolute atomic E-state index is 11.9. The zero-order chi connectivity index (χ0) is 14.5. The van der Waals surface area contributed by atoms with Crippen molar-refractivity contribution in [1.82, 2.24) is 20.6 Å². The number of aromatic nitrogens is 2. The molecule has 1 heterocycles. The van der Waals surface area contributed by atoms with Crippen LogP contribution in [-0.4, -0.2) is 35.8 Å². The lowest BCUT2D eigenvalue weighted by atomic mass is 10.2. The fourth-order valence-corrected chi connectivity index (χ4v) is 1.12. The highest BCUT2D eigenvalue weighted by Crippen LogP contribution is 2.12. The van der Waals surface area contributed by atoms with E-state index in [0.29, 0.717) is 0 Å². The van der Waals surface area contributed by atoms with Gasteiger partial charge in [0.25, 0.3) is 0 Å². The quantitative estimate of drug-likeness (QED) is 0.778. The second kappa shape index (κ2) is 6.32. The predicted molar refractivity (Wildman–Crippen MR) is 62.6 cm³/mol. The molecule has 0 saturated carbocycles. The average Bonchev–Trinajstić information content (AvgIpc) is 2.35. The van der Waals surface area contributed by atoms with E-state index in [9.17, 15) is 18.0 Å². The third-order valence-electron chi connectivity index (χ3n) is 2.28. The van der Waals surface area contributed by atoms with Crippen LogP contribution in [0, 0.1) is 0 Å². The number of halogens is 3. The van der Waals surface area contributed by atoms with Crippen molar-refractivity contribution in [3.63, 3.8) is 0 Å². The van der Waals surface area contributed by atoms with E-state index in [1.807, 2.05) is 6.92 Å². The first-order chi connectivity index (χ1) is 8.81. The van der Waals surface area contributed by atoms with Crippen LogP contribution in [0.3, 0.4) is 0 Å². The van der Waals surface area contributed by atoms with E-state index in [1.165, 1.54) is 12.4 Å². The van der Waals surface area contributed by atoms with Crippen molar-refractivity contribution < 1.29 is 18.0 Å². The normalized spacial score (nSPS) is 12.9. The fraction of sp³-hybridized carbons (Fsp3) is 0.500. The van der Waals surface area contributed by atoms with Gasteiger partial charge in [-0.3, -0.25) is 5.32 Å². The number of rotatable bonds is 4. The Labute approximate surface area is 107 Å². The Balaban J connectivity index is 2.51. The van der Waals surface area contributed by atoms with Gasteiger partial charge in [-0.05, 0) is 14.0 Å². The number of carbonyl (C=O) groups is 1. The summed E-state index contributed by atoms with van der Waals surface area (Å²) in [5.74, 6) is -0.0632. The SMILES string of the molecule is CNC(C)c1cnc(NC(=O)NCC(F)(F)F)nc1. The molecule has 1 rings (SSSR count). The van der Waals surface area contributed by atoms with Crippen molar-refractivity contribution in [3.8, 4) is 0 Å². The average molecular weight is 277 g/mol. The molecule has 0 aromatic carbocycles. The van der Waals surface area contributed by atoms with Crippen molar-refractivity contribution in [2.45, 2.75) is 19.1 Å². The van der Waals surface area contributed by atoms with E-state index in [2.05, 4.69) is 20.6 Å². The van der Waals surface area contributed by atoms with Crippen LogP contribution in [0.15, 0.2) is 12.4 Å². The van der Waals surface area contributed by atoms with Gasteiger partial charge in [0.15, 0.2) is 0 Å².